The van der Waals surface area contributed by atoms with Gasteiger partial charge in [0.1, 0.15) is 0 Å². The fourth-order valence-electron chi connectivity index (χ4n) is 2.14. The molecule has 1 saturated carbocycles. The van der Waals surface area contributed by atoms with E-state index in [0.29, 0.717) is 0 Å². The molecule has 0 radical (unpaired) electrons. The van der Waals surface area contributed by atoms with E-state index in [1.165, 1.54) is 28.8 Å². The Balaban J connectivity index is 1.52. The number of nitrogens with one attached hydrogen (secondary N) is 1. The minimum absolute atomic E-state index is 0.854. The lowest BCUT2D eigenvalue weighted by molar-refractivity contribution is 0.697. The number of hydrogen-bond acceptors (Lipinski definition) is 3. The van der Waals surface area contributed by atoms with E-state index in [1.54, 1.807) is 11.3 Å². The molecule has 0 atom stereocenters. The first-order valence-corrected chi connectivity index (χ1v) is 7.39. The molecule has 1 fully saturated rings. The van der Waals surface area contributed by atoms with Gasteiger partial charge in [-0.05, 0) is 36.8 Å². The van der Waals surface area contributed by atoms with Gasteiger partial charge in [0.05, 0.1) is 11.2 Å². The van der Waals surface area contributed by atoms with Crippen LogP contribution in [0.5, 0.6) is 0 Å². The second-order valence-electron chi connectivity index (χ2n) is 4.98. The summed E-state index contributed by atoms with van der Waals surface area (Å²) in [6.07, 6.45) is 2.75. The molecule has 18 heavy (non-hydrogen) atoms. The number of nitrogens with zero attached hydrogens (tertiary/aromatic N) is 1. The fraction of sp³-hybridized carbons (Fsp3) is 0.400. The van der Waals surface area contributed by atoms with Crippen molar-refractivity contribution in [2.24, 2.45) is 0 Å². The van der Waals surface area contributed by atoms with E-state index in [1.807, 2.05) is 5.51 Å². The van der Waals surface area contributed by atoms with Crippen LogP contribution in [-0.2, 0) is 13.1 Å². The lowest BCUT2D eigenvalue weighted by Gasteiger charge is -2.05. The van der Waals surface area contributed by atoms with Crippen molar-refractivity contribution < 1.29 is 0 Å². The van der Waals surface area contributed by atoms with Crippen molar-refractivity contribution in [2.45, 2.75) is 38.8 Å². The highest BCUT2D eigenvalue weighted by molar-refractivity contribution is 7.09. The molecular weight excluding hydrogens is 240 g/mol. The monoisotopic (exact) mass is 258 g/mol. The third-order valence-electron chi connectivity index (χ3n) is 3.49. The van der Waals surface area contributed by atoms with Crippen LogP contribution in [0.4, 0.5) is 0 Å². The standard InChI is InChI=1S/C15H18N2S/c1-11-15(18-10-17-11)9-16-8-12-2-4-13(5-3-12)14-6-7-14/h2-5,10,14,16H,6-9H2,1H3. The van der Waals surface area contributed by atoms with Gasteiger partial charge in [0.25, 0.3) is 0 Å². The maximum Gasteiger partial charge on any atom is 0.0798 e. The highest BCUT2D eigenvalue weighted by Crippen LogP contribution is 2.39. The van der Waals surface area contributed by atoms with Crippen molar-refractivity contribution in [3.05, 3.63) is 51.5 Å². The Morgan fingerprint density at radius 1 is 1.22 bits per heavy atom. The van der Waals surface area contributed by atoms with Gasteiger partial charge in [0.2, 0.25) is 0 Å². The Bertz CT molecular complexity index is 512. The van der Waals surface area contributed by atoms with Crippen LogP contribution in [0.15, 0.2) is 29.8 Å². The molecule has 1 aliphatic carbocycles. The Kier molecular flexibility index (Phi) is 3.43. The molecule has 3 rings (SSSR count). The number of aryl methyl sites for hydroxylation is 1. The molecule has 1 heterocycles. The van der Waals surface area contributed by atoms with Gasteiger partial charge >= 0.3 is 0 Å². The van der Waals surface area contributed by atoms with Crippen molar-refractivity contribution in [3.63, 3.8) is 0 Å². The molecule has 0 amide bonds. The van der Waals surface area contributed by atoms with Crippen molar-refractivity contribution in [3.8, 4) is 0 Å². The number of benzene rings is 1. The van der Waals surface area contributed by atoms with Gasteiger partial charge in [-0.25, -0.2) is 4.98 Å². The lowest BCUT2D eigenvalue weighted by atomic mass is 10.1. The van der Waals surface area contributed by atoms with Gasteiger partial charge in [-0.3, -0.25) is 0 Å². The molecule has 0 unspecified atom stereocenters. The minimum atomic E-state index is 0.854. The molecular formula is C15H18N2S. The summed E-state index contributed by atoms with van der Waals surface area (Å²) in [4.78, 5) is 5.60. The summed E-state index contributed by atoms with van der Waals surface area (Å²) >= 11 is 1.73. The van der Waals surface area contributed by atoms with Crippen LogP contribution >= 0.6 is 11.3 Å². The van der Waals surface area contributed by atoms with Gasteiger partial charge in [-0.15, -0.1) is 11.3 Å². The first kappa shape index (κ1) is 11.9. The third kappa shape index (κ3) is 2.79. The largest absolute Gasteiger partial charge is 0.308 e. The van der Waals surface area contributed by atoms with Gasteiger partial charge in [0.15, 0.2) is 0 Å². The molecule has 2 nitrogen and oxygen atoms in total. The van der Waals surface area contributed by atoms with Crippen LogP contribution in [0.2, 0.25) is 0 Å². The molecule has 2 aromatic rings. The molecule has 3 heteroatoms. The third-order valence-corrected chi connectivity index (χ3v) is 4.42. The van der Waals surface area contributed by atoms with Crippen LogP contribution in [-0.4, -0.2) is 4.98 Å². The SMILES string of the molecule is Cc1ncsc1CNCc1ccc(C2CC2)cc1. The van der Waals surface area contributed by atoms with Crippen LogP contribution in [0.3, 0.4) is 0 Å². The second kappa shape index (κ2) is 5.21. The quantitative estimate of drug-likeness (QED) is 0.886. The van der Waals surface area contributed by atoms with E-state index >= 15 is 0 Å². The van der Waals surface area contributed by atoms with E-state index in [9.17, 15) is 0 Å². The molecule has 1 aromatic heterocycles. The molecule has 0 aliphatic heterocycles. The number of aromatic nitrogens is 1. The highest BCUT2D eigenvalue weighted by atomic mass is 32.1. The molecule has 1 N–H and O–H groups in total. The van der Waals surface area contributed by atoms with Gasteiger partial charge in [-0.1, -0.05) is 24.3 Å². The van der Waals surface area contributed by atoms with Crippen molar-refractivity contribution in [2.75, 3.05) is 0 Å². The number of thiazole rings is 1. The summed E-state index contributed by atoms with van der Waals surface area (Å²) in [7, 11) is 0. The van der Waals surface area contributed by atoms with E-state index in [-0.39, 0.29) is 0 Å². The minimum Gasteiger partial charge on any atom is -0.308 e. The first-order valence-electron chi connectivity index (χ1n) is 6.51. The predicted molar refractivity (Wildman–Crippen MR) is 75.8 cm³/mol. The summed E-state index contributed by atoms with van der Waals surface area (Å²) in [5, 5.41) is 3.48. The zero-order valence-corrected chi connectivity index (χ0v) is 11.5. The summed E-state index contributed by atoms with van der Waals surface area (Å²) in [5.74, 6) is 0.854. The fourth-order valence-corrected chi connectivity index (χ4v) is 2.89. The summed E-state index contributed by atoms with van der Waals surface area (Å²) in [6, 6.07) is 9.07. The Labute approximate surface area is 112 Å². The molecule has 0 bridgehead atoms. The van der Waals surface area contributed by atoms with Crippen LogP contribution < -0.4 is 5.32 Å². The summed E-state index contributed by atoms with van der Waals surface area (Å²) < 4.78 is 0. The second-order valence-corrected chi connectivity index (χ2v) is 5.92. The molecule has 1 aliphatic rings. The van der Waals surface area contributed by atoms with Crippen molar-refractivity contribution in [1.29, 1.82) is 0 Å². The molecule has 1 aromatic carbocycles. The topological polar surface area (TPSA) is 24.9 Å². The van der Waals surface area contributed by atoms with E-state index in [0.717, 1.165) is 24.7 Å². The Hall–Kier alpha value is -1.19. The normalized spacial score (nSPS) is 14.9. The summed E-state index contributed by atoms with van der Waals surface area (Å²) in [5.41, 5.74) is 5.94. The van der Waals surface area contributed by atoms with Crippen LogP contribution in [0.25, 0.3) is 0 Å². The van der Waals surface area contributed by atoms with Crippen molar-refractivity contribution >= 4 is 11.3 Å². The van der Waals surface area contributed by atoms with Gasteiger partial charge < -0.3 is 5.32 Å². The Morgan fingerprint density at radius 3 is 2.61 bits per heavy atom. The average Bonchev–Trinajstić information content (AvgIpc) is 3.16. The van der Waals surface area contributed by atoms with Gasteiger partial charge in [0, 0.05) is 18.0 Å². The highest BCUT2D eigenvalue weighted by Gasteiger charge is 2.22. The number of rotatable bonds is 5. The first-order chi connectivity index (χ1) is 8.83. The lowest BCUT2D eigenvalue weighted by Crippen LogP contribution is -2.12. The van der Waals surface area contributed by atoms with Crippen LogP contribution in [0.1, 0.15) is 40.5 Å². The van der Waals surface area contributed by atoms with Gasteiger partial charge in [-0.2, -0.15) is 0 Å². The smallest absolute Gasteiger partial charge is 0.0798 e. The zero-order chi connectivity index (χ0) is 12.4. The average molecular weight is 258 g/mol. The Morgan fingerprint density at radius 2 is 2.00 bits per heavy atom. The molecule has 0 spiro atoms. The van der Waals surface area contributed by atoms with E-state index in [4.69, 9.17) is 0 Å². The maximum absolute atomic E-state index is 4.26. The predicted octanol–water partition coefficient (Wildman–Crippen LogP) is 3.62. The van der Waals surface area contributed by atoms with E-state index < -0.39 is 0 Å². The van der Waals surface area contributed by atoms with E-state index in [2.05, 4.69) is 41.5 Å². The number of hydrogen-bond donors (Lipinski definition) is 1. The van der Waals surface area contributed by atoms with Crippen LogP contribution in [0, 0.1) is 6.92 Å². The maximum atomic E-state index is 4.26. The molecule has 0 saturated heterocycles. The van der Waals surface area contributed by atoms with Crippen molar-refractivity contribution in [1.82, 2.24) is 10.3 Å². The molecule has 94 valence electrons. The summed E-state index contributed by atoms with van der Waals surface area (Å²) in [6.45, 7) is 3.92. The zero-order valence-electron chi connectivity index (χ0n) is 10.6.